The number of benzene rings is 2. The molecule has 0 fully saturated rings. The third kappa shape index (κ3) is 2.08. The van der Waals surface area contributed by atoms with Gasteiger partial charge in [0, 0.05) is 18.0 Å². The number of ether oxygens (including phenoxy) is 1. The van der Waals surface area contributed by atoms with Crippen LogP contribution in [-0.4, -0.2) is 0 Å². The number of hydrogen-bond acceptors (Lipinski definition) is 2. The van der Waals surface area contributed by atoms with Crippen molar-refractivity contribution in [1.29, 1.82) is 0 Å². The molecule has 0 saturated carbocycles. The molecule has 2 atom stereocenters. The van der Waals surface area contributed by atoms with Crippen molar-refractivity contribution in [3.05, 3.63) is 65.2 Å². The van der Waals surface area contributed by atoms with Crippen LogP contribution in [-0.2, 0) is 0 Å². The fourth-order valence-electron chi connectivity index (χ4n) is 2.45. The maximum Gasteiger partial charge on any atom is 0.133 e. The summed E-state index contributed by atoms with van der Waals surface area (Å²) in [7, 11) is 0. The summed E-state index contributed by atoms with van der Waals surface area (Å²) in [5, 5.41) is 0. The van der Waals surface area contributed by atoms with Crippen LogP contribution in [0.4, 0.5) is 8.78 Å². The third-order valence-corrected chi connectivity index (χ3v) is 3.38. The van der Waals surface area contributed by atoms with Gasteiger partial charge in [-0.05, 0) is 18.2 Å². The highest BCUT2D eigenvalue weighted by atomic mass is 19.1. The molecule has 4 heteroatoms. The maximum absolute atomic E-state index is 13.8. The minimum atomic E-state index is -0.689. The van der Waals surface area contributed by atoms with Crippen molar-refractivity contribution in [3.8, 4) is 5.75 Å². The average molecular weight is 261 g/mol. The van der Waals surface area contributed by atoms with Crippen molar-refractivity contribution < 1.29 is 13.5 Å². The van der Waals surface area contributed by atoms with E-state index in [2.05, 4.69) is 0 Å². The fourth-order valence-corrected chi connectivity index (χ4v) is 2.45. The Bertz CT molecular complexity index is 595. The molecule has 1 unspecified atom stereocenters. The van der Waals surface area contributed by atoms with E-state index in [1.54, 1.807) is 6.07 Å². The molecule has 1 aliphatic heterocycles. The number of halogens is 2. The largest absolute Gasteiger partial charge is 0.485 e. The molecule has 1 heterocycles. The molecule has 0 amide bonds. The Labute approximate surface area is 109 Å². The highest BCUT2D eigenvalue weighted by Gasteiger charge is 2.30. The lowest BCUT2D eigenvalue weighted by molar-refractivity contribution is 0.153. The van der Waals surface area contributed by atoms with Gasteiger partial charge in [-0.15, -0.1) is 0 Å². The summed E-state index contributed by atoms with van der Waals surface area (Å²) < 4.78 is 33.2. The van der Waals surface area contributed by atoms with Gasteiger partial charge in [-0.2, -0.15) is 0 Å². The Morgan fingerprint density at radius 2 is 1.68 bits per heavy atom. The Hall–Kier alpha value is -1.94. The van der Waals surface area contributed by atoms with E-state index in [1.807, 2.05) is 18.2 Å². The number of rotatable bonds is 1. The van der Waals surface area contributed by atoms with Crippen LogP contribution in [0.3, 0.4) is 0 Å². The Balaban J connectivity index is 2.02. The maximum atomic E-state index is 13.8. The minimum absolute atomic E-state index is 0.0487. The van der Waals surface area contributed by atoms with Gasteiger partial charge in [-0.25, -0.2) is 8.78 Å². The minimum Gasteiger partial charge on any atom is -0.485 e. The molecule has 0 saturated heterocycles. The zero-order valence-corrected chi connectivity index (χ0v) is 10.1. The molecular weight excluding hydrogens is 248 g/mol. The van der Waals surface area contributed by atoms with Gasteiger partial charge in [0.25, 0.3) is 0 Å². The van der Waals surface area contributed by atoms with Crippen LogP contribution in [0.2, 0.25) is 0 Å². The normalized spacial score (nSPS) is 21.6. The van der Waals surface area contributed by atoms with Crippen LogP contribution in [0.15, 0.2) is 42.5 Å². The number of nitrogens with two attached hydrogens (primary N) is 1. The summed E-state index contributed by atoms with van der Waals surface area (Å²) in [6, 6.07) is 10.8. The second-order valence-corrected chi connectivity index (χ2v) is 4.62. The van der Waals surface area contributed by atoms with Crippen molar-refractivity contribution in [2.45, 2.75) is 18.6 Å². The van der Waals surface area contributed by atoms with Crippen molar-refractivity contribution in [2.75, 3.05) is 0 Å². The summed E-state index contributed by atoms with van der Waals surface area (Å²) >= 11 is 0. The number of hydrogen-bond donors (Lipinski definition) is 1. The zero-order valence-electron chi connectivity index (χ0n) is 10.1. The zero-order chi connectivity index (χ0) is 13.4. The quantitative estimate of drug-likeness (QED) is 0.852. The molecule has 1 aliphatic rings. The average Bonchev–Trinajstić information content (AvgIpc) is 2.38. The highest BCUT2D eigenvalue weighted by Crippen LogP contribution is 2.40. The van der Waals surface area contributed by atoms with Gasteiger partial charge in [0.15, 0.2) is 0 Å². The standard InChI is InChI=1S/C15H13F2NO/c16-10-5-3-6-11(17)15(10)14-8-12(18)9-4-1-2-7-13(9)19-14/h1-7,12,14H,8,18H2/t12-,14?/m1/s1. The molecule has 2 aromatic carbocycles. The molecule has 19 heavy (non-hydrogen) atoms. The van der Waals surface area contributed by atoms with E-state index in [1.165, 1.54) is 18.2 Å². The first-order chi connectivity index (χ1) is 9.16. The first-order valence-corrected chi connectivity index (χ1v) is 6.12. The number of fused-ring (bicyclic) bond motifs is 1. The van der Waals surface area contributed by atoms with E-state index < -0.39 is 17.7 Å². The molecule has 2 N–H and O–H groups in total. The van der Waals surface area contributed by atoms with Crippen molar-refractivity contribution in [2.24, 2.45) is 5.73 Å². The van der Waals surface area contributed by atoms with Gasteiger partial charge in [0.05, 0.1) is 5.56 Å². The summed E-state index contributed by atoms with van der Waals surface area (Å²) in [4.78, 5) is 0. The second kappa shape index (κ2) is 4.63. The molecule has 3 rings (SSSR count). The Morgan fingerprint density at radius 3 is 2.42 bits per heavy atom. The number of para-hydroxylation sites is 1. The predicted molar refractivity (Wildman–Crippen MR) is 67.7 cm³/mol. The third-order valence-electron chi connectivity index (χ3n) is 3.38. The van der Waals surface area contributed by atoms with E-state index in [0.717, 1.165) is 5.56 Å². The summed E-state index contributed by atoms with van der Waals surface area (Å²) in [5.74, 6) is -0.609. The van der Waals surface area contributed by atoms with Crippen LogP contribution in [0.25, 0.3) is 0 Å². The van der Waals surface area contributed by atoms with Crippen LogP contribution in [0.1, 0.15) is 29.7 Å². The van der Waals surface area contributed by atoms with Gasteiger partial charge in [0.1, 0.15) is 23.5 Å². The summed E-state index contributed by atoms with van der Waals surface area (Å²) in [5.41, 5.74) is 6.87. The van der Waals surface area contributed by atoms with E-state index in [-0.39, 0.29) is 11.6 Å². The Morgan fingerprint density at radius 1 is 1.00 bits per heavy atom. The van der Waals surface area contributed by atoms with Crippen LogP contribution in [0.5, 0.6) is 5.75 Å². The smallest absolute Gasteiger partial charge is 0.133 e. The molecule has 2 aromatic rings. The Kier molecular flexibility index (Phi) is 2.95. The van der Waals surface area contributed by atoms with Crippen molar-refractivity contribution in [1.82, 2.24) is 0 Å². The molecule has 0 radical (unpaired) electrons. The lowest BCUT2D eigenvalue weighted by Gasteiger charge is -2.30. The van der Waals surface area contributed by atoms with Gasteiger partial charge in [-0.1, -0.05) is 24.3 Å². The van der Waals surface area contributed by atoms with Gasteiger partial charge in [-0.3, -0.25) is 0 Å². The van der Waals surface area contributed by atoms with E-state index >= 15 is 0 Å². The van der Waals surface area contributed by atoms with Gasteiger partial charge >= 0.3 is 0 Å². The van der Waals surface area contributed by atoms with Gasteiger partial charge < -0.3 is 10.5 Å². The van der Waals surface area contributed by atoms with Crippen molar-refractivity contribution in [3.63, 3.8) is 0 Å². The monoisotopic (exact) mass is 261 g/mol. The van der Waals surface area contributed by atoms with Crippen LogP contribution >= 0.6 is 0 Å². The van der Waals surface area contributed by atoms with Crippen LogP contribution < -0.4 is 10.5 Å². The van der Waals surface area contributed by atoms with E-state index in [4.69, 9.17) is 10.5 Å². The first kappa shape index (κ1) is 12.1. The molecule has 0 bridgehead atoms. The molecule has 98 valence electrons. The van der Waals surface area contributed by atoms with E-state index in [9.17, 15) is 8.78 Å². The molecule has 0 aromatic heterocycles. The summed E-state index contributed by atoms with van der Waals surface area (Å²) in [6.45, 7) is 0. The molecular formula is C15H13F2NO. The molecule has 0 aliphatic carbocycles. The topological polar surface area (TPSA) is 35.2 Å². The van der Waals surface area contributed by atoms with E-state index in [0.29, 0.717) is 12.2 Å². The SMILES string of the molecule is N[C@@H]1CC(c2c(F)cccc2F)Oc2ccccc21. The lowest BCUT2D eigenvalue weighted by atomic mass is 9.93. The van der Waals surface area contributed by atoms with Crippen molar-refractivity contribution >= 4 is 0 Å². The highest BCUT2D eigenvalue weighted by molar-refractivity contribution is 5.39. The molecule has 0 spiro atoms. The fraction of sp³-hybridized carbons (Fsp3) is 0.200. The van der Waals surface area contributed by atoms with Crippen LogP contribution in [0, 0.1) is 11.6 Å². The summed E-state index contributed by atoms with van der Waals surface area (Å²) in [6.07, 6.45) is -0.333. The second-order valence-electron chi connectivity index (χ2n) is 4.62. The lowest BCUT2D eigenvalue weighted by Crippen LogP contribution is -2.25. The van der Waals surface area contributed by atoms with Gasteiger partial charge in [0.2, 0.25) is 0 Å². The molecule has 2 nitrogen and oxygen atoms in total. The predicted octanol–water partition coefficient (Wildman–Crippen LogP) is 3.49. The first-order valence-electron chi connectivity index (χ1n) is 6.12.